The average molecular weight is 172 g/mol. The van der Waals surface area contributed by atoms with Gasteiger partial charge in [0.05, 0.1) is 6.07 Å². The summed E-state index contributed by atoms with van der Waals surface area (Å²) in [5.74, 6) is 0. The van der Waals surface area contributed by atoms with Gasteiger partial charge in [-0.3, -0.25) is 0 Å². The number of rotatable bonds is 3. The van der Waals surface area contributed by atoms with Crippen LogP contribution in [0, 0.1) is 11.3 Å². The number of hydrogen-bond acceptors (Lipinski definition) is 1. The Labute approximate surface area is 76.5 Å². The van der Waals surface area contributed by atoms with E-state index in [0.717, 1.165) is 12.5 Å². The highest BCUT2D eigenvalue weighted by molar-refractivity contribution is 6.08. The van der Waals surface area contributed by atoms with Crippen molar-refractivity contribution >= 4 is 10.2 Å². The molecule has 0 aliphatic heterocycles. The molecule has 0 N–H and O–H groups in total. The Balaban J connectivity index is 2.76. The number of aryl methyl sites for hydroxylation is 1. The van der Waals surface area contributed by atoms with E-state index in [1.807, 2.05) is 12.1 Å². The molecule has 12 heavy (non-hydrogen) atoms. The van der Waals surface area contributed by atoms with Crippen LogP contribution in [0.5, 0.6) is 0 Å². The molecule has 0 aromatic heterocycles. The van der Waals surface area contributed by atoms with E-state index < -0.39 is 0 Å². The zero-order chi connectivity index (χ0) is 8.81. The zero-order valence-electron chi connectivity index (χ0n) is 6.88. The first-order valence-electron chi connectivity index (χ1n) is 3.97. The molecule has 0 fully saturated rings. The van der Waals surface area contributed by atoms with Crippen LogP contribution in [0.3, 0.4) is 0 Å². The van der Waals surface area contributed by atoms with E-state index in [-0.39, 0.29) is 0 Å². The second-order valence-corrected chi connectivity index (χ2v) is 2.96. The minimum Gasteiger partial charge on any atom is -0.198 e. The van der Waals surface area contributed by atoms with Crippen molar-refractivity contribution in [1.29, 1.82) is 5.26 Å². The Bertz CT molecular complexity index is 288. The summed E-state index contributed by atoms with van der Waals surface area (Å²) in [5.41, 5.74) is 2.55. The molecule has 0 spiro atoms. The third-order valence-corrected chi connectivity index (χ3v) is 2.20. The first-order chi connectivity index (χ1) is 5.88. The van der Waals surface area contributed by atoms with E-state index >= 15 is 0 Å². The first-order valence-corrected chi connectivity index (χ1v) is 4.67. The van der Waals surface area contributed by atoms with Gasteiger partial charge in [0.2, 0.25) is 0 Å². The van der Waals surface area contributed by atoms with E-state index in [1.165, 1.54) is 11.1 Å². The lowest BCUT2D eigenvalue weighted by Crippen LogP contribution is -1.93. The molecule has 0 atom stereocenters. The van der Waals surface area contributed by atoms with Crippen LogP contribution in [0.4, 0.5) is 0 Å². The smallest absolute Gasteiger partial charge is 0.0625 e. The summed E-state index contributed by atoms with van der Waals surface area (Å²) in [7, 11) is 3.46. The molecule has 0 saturated heterocycles. The van der Waals surface area contributed by atoms with E-state index in [4.69, 9.17) is 5.26 Å². The highest BCUT2D eigenvalue weighted by Crippen LogP contribution is 2.10. The van der Waals surface area contributed by atoms with Gasteiger partial charge in [-0.05, 0) is 23.6 Å². The molecule has 3 radical (unpaired) electrons. The molecule has 0 unspecified atom stereocenters. The van der Waals surface area contributed by atoms with E-state index in [0.29, 0.717) is 6.42 Å². The summed E-state index contributed by atoms with van der Waals surface area (Å²) in [4.78, 5) is 0. The third kappa shape index (κ3) is 2.21. The SMILES string of the molecule is N#CCCc1ccccc1C[Si]. The van der Waals surface area contributed by atoms with Crippen LogP contribution in [-0.2, 0) is 12.5 Å². The largest absolute Gasteiger partial charge is 0.198 e. The monoisotopic (exact) mass is 172 g/mol. The van der Waals surface area contributed by atoms with Crippen molar-refractivity contribution in [3.8, 4) is 6.07 Å². The predicted octanol–water partition coefficient (Wildman–Crippen LogP) is 1.81. The lowest BCUT2D eigenvalue weighted by atomic mass is 10.0. The molecule has 0 saturated carbocycles. The van der Waals surface area contributed by atoms with Gasteiger partial charge in [-0.25, -0.2) is 0 Å². The number of nitrogens with zero attached hydrogens (tertiary/aromatic N) is 1. The van der Waals surface area contributed by atoms with Crippen molar-refractivity contribution in [2.45, 2.75) is 18.9 Å². The molecule has 0 aliphatic rings. The van der Waals surface area contributed by atoms with Crippen LogP contribution in [0.15, 0.2) is 24.3 Å². The van der Waals surface area contributed by atoms with Crippen LogP contribution in [0.1, 0.15) is 17.5 Å². The highest BCUT2D eigenvalue weighted by Gasteiger charge is 1.97. The molecule has 0 amide bonds. The molecule has 1 aromatic carbocycles. The maximum Gasteiger partial charge on any atom is 0.0625 e. The standard InChI is InChI=1S/C10H10NSi/c11-7-3-6-9-4-1-2-5-10(9)8-12/h1-2,4-5H,3,6,8H2. The van der Waals surface area contributed by atoms with Gasteiger partial charge in [0.25, 0.3) is 0 Å². The fourth-order valence-corrected chi connectivity index (χ4v) is 1.51. The van der Waals surface area contributed by atoms with Crippen molar-refractivity contribution in [2.75, 3.05) is 0 Å². The Morgan fingerprint density at radius 1 is 1.25 bits per heavy atom. The van der Waals surface area contributed by atoms with Crippen molar-refractivity contribution in [3.05, 3.63) is 35.4 Å². The van der Waals surface area contributed by atoms with E-state index in [2.05, 4.69) is 28.4 Å². The second kappa shape index (κ2) is 4.73. The molecule has 1 nitrogen and oxygen atoms in total. The maximum atomic E-state index is 8.43. The van der Waals surface area contributed by atoms with Crippen molar-refractivity contribution < 1.29 is 0 Å². The zero-order valence-corrected chi connectivity index (χ0v) is 7.88. The van der Waals surface area contributed by atoms with Gasteiger partial charge in [-0.2, -0.15) is 5.26 Å². The fourth-order valence-electron chi connectivity index (χ4n) is 1.16. The molecule has 59 valence electrons. The van der Waals surface area contributed by atoms with E-state index in [9.17, 15) is 0 Å². The second-order valence-electron chi connectivity index (χ2n) is 2.60. The molecular weight excluding hydrogens is 162 g/mol. The summed E-state index contributed by atoms with van der Waals surface area (Å²) >= 11 is 0. The van der Waals surface area contributed by atoms with E-state index in [1.54, 1.807) is 0 Å². The van der Waals surface area contributed by atoms with Crippen molar-refractivity contribution in [1.82, 2.24) is 0 Å². The summed E-state index contributed by atoms with van der Waals surface area (Å²) in [5, 5.41) is 8.43. The Morgan fingerprint density at radius 3 is 2.50 bits per heavy atom. The lowest BCUT2D eigenvalue weighted by Gasteiger charge is -2.03. The number of hydrogen-bond donors (Lipinski definition) is 0. The van der Waals surface area contributed by atoms with Gasteiger partial charge in [-0.1, -0.05) is 24.3 Å². The van der Waals surface area contributed by atoms with Crippen LogP contribution in [-0.4, -0.2) is 10.2 Å². The van der Waals surface area contributed by atoms with Gasteiger partial charge in [0.15, 0.2) is 0 Å². The topological polar surface area (TPSA) is 23.8 Å². The highest BCUT2D eigenvalue weighted by atomic mass is 28.1. The summed E-state index contributed by atoms with van der Waals surface area (Å²) < 4.78 is 0. The summed E-state index contributed by atoms with van der Waals surface area (Å²) in [6.07, 6.45) is 1.46. The van der Waals surface area contributed by atoms with Gasteiger partial charge in [-0.15, -0.1) is 0 Å². The number of benzene rings is 1. The predicted molar refractivity (Wildman–Crippen MR) is 49.8 cm³/mol. The Hall–Kier alpha value is -1.07. The minimum absolute atomic E-state index is 0.600. The van der Waals surface area contributed by atoms with Gasteiger partial charge < -0.3 is 0 Å². The summed E-state index contributed by atoms with van der Waals surface area (Å²) in [6.45, 7) is 0. The minimum atomic E-state index is 0.600. The maximum absolute atomic E-state index is 8.43. The molecule has 1 rings (SSSR count). The molecule has 2 heteroatoms. The number of nitriles is 1. The van der Waals surface area contributed by atoms with Crippen LogP contribution in [0.25, 0.3) is 0 Å². The lowest BCUT2D eigenvalue weighted by molar-refractivity contribution is 0.992. The van der Waals surface area contributed by atoms with Crippen molar-refractivity contribution in [2.24, 2.45) is 0 Å². The van der Waals surface area contributed by atoms with Crippen LogP contribution in [0.2, 0.25) is 0 Å². The van der Waals surface area contributed by atoms with Gasteiger partial charge >= 0.3 is 0 Å². The summed E-state index contributed by atoms with van der Waals surface area (Å²) in [6, 6.07) is 11.2. The molecule has 0 aliphatic carbocycles. The average Bonchev–Trinajstić information content (AvgIpc) is 2.15. The van der Waals surface area contributed by atoms with Gasteiger partial charge in [0.1, 0.15) is 0 Å². The molecular formula is C10H10NSi. The van der Waals surface area contributed by atoms with Crippen LogP contribution >= 0.6 is 0 Å². The Morgan fingerprint density at radius 2 is 1.92 bits per heavy atom. The quantitative estimate of drug-likeness (QED) is 0.638. The normalized spacial score (nSPS) is 9.33. The van der Waals surface area contributed by atoms with Gasteiger partial charge in [0, 0.05) is 16.7 Å². The molecule has 0 heterocycles. The molecule has 0 bridgehead atoms. The van der Waals surface area contributed by atoms with Crippen LogP contribution < -0.4 is 0 Å². The third-order valence-electron chi connectivity index (χ3n) is 1.81. The van der Waals surface area contributed by atoms with Crippen molar-refractivity contribution in [3.63, 3.8) is 0 Å². The first kappa shape index (κ1) is 9.02. The molecule has 1 aromatic rings. The fraction of sp³-hybridized carbons (Fsp3) is 0.300. The Kier molecular flexibility index (Phi) is 3.56.